The van der Waals surface area contributed by atoms with E-state index in [1.165, 1.54) is 16.8 Å². The zero-order valence-electron chi connectivity index (χ0n) is 9.09. The fourth-order valence-electron chi connectivity index (χ4n) is 2.18. The van der Waals surface area contributed by atoms with Gasteiger partial charge in [-0.3, -0.25) is 0 Å². The van der Waals surface area contributed by atoms with Crippen molar-refractivity contribution in [3.8, 4) is 0 Å². The molecule has 14 heavy (non-hydrogen) atoms. The summed E-state index contributed by atoms with van der Waals surface area (Å²) < 4.78 is 0. The number of rotatable bonds is 1. The maximum atomic E-state index is 3.51. The van der Waals surface area contributed by atoms with Crippen LogP contribution in [0.15, 0.2) is 18.2 Å². The number of aryl methyl sites for hydroxylation is 1. The van der Waals surface area contributed by atoms with Crippen molar-refractivity contribution in [2.45, 2.75) is 32.4 Å². The standard InChI is InChI=1S/C12H18N2/c1-8-4-5-11-10(6-8)12(13-3)7-9(2)14-11/h4-6,9,12-14H,7H2,1-3H3. The molecule has 0 bridgehead atoms. The van der Waals surface area contributed by atoms with Gasteiger partial charge in [0.15, 0.2) is 0 Å². The minimum atomic E-state index is 0.501. The summed E-state index contributed by atoms with van der Waals surface area (Å²) in [6, 6.07) is 7.68. The number of anilines is 1. The molecule has 2 rings (SSSR count). The van der Waals surface area contributed by atoms with Crippen molar-refractivity contribution in [2.24, 2.45) is 0 Å². The predicted molar refractivity (Wildman–Crippen MR) is 60.7 cm³/mol. The molecule has 76 valence electrons. The van der Waals surface area contributed by atoms with Gasteiger partial charge in [-0.15, -0.1) is 0 Å². The molecule has 2 N–H and O–H groups in total. The average Bonchev–Trinajstić information content (AvgIpc) is 2.17. The van der Waals surface area contributed by atoms with Gasteiger partial charge in [0.05, 0.1) is 0 Å². The molecule has 2 atom stereocenters. The van der Waals surface area contributed by atoms with Crippen molar-refractivity contribution < 1.29 is 0 Å². The lowest BCUT2D eigenvalue weighted by molar-refractivity contribution is 0.498. The molecule has 1 aromatic carbocycles. The van der Waals surface area contributed by atoms with E-state index in [4.69, 9.17) is 0 Å². The molecule has 2 heteroatoms. The van der Waals surface area contributed by atoms with Gasteiger partial charge < -0.3 is 10.6 Å². The molecule has 1 aromatic rings. The van der Waals surface area contributed by atoms with E-state index in [1.807, 2.05) is 7.05 Å². The van der Waals surface area contributed by atoms with Crippen molar-refractivity contribution in [3.05, 3.63) is 29.3 Å². The Morgan fingerprint density at radius 2 is 2.21 bits per heavy atom. The predicted octanol–water partition coefficient (Wildman–Crippen LogP) is 2.46. The van der Waals surface area contributed by atoms with Gasteiger partial charge in [0.1, 0.15) is 0 Å². The van der Waals surface area contributed by atoms with Gasteiger partial charge in [-0.25, -0.2) is 0 Å². The maximum absolute atomic E-state index is 3.51. The fraction of sp³-hybridized carbons (Fsp3) is 0.500. The van der Waals surface area contributed by atoms with Crippen LogP contribution in [-0.4, -0.2) is 13.1 Å². The second-order valence-corrected chi connectivity index (χ2v) is 4.21. The monoisotopic (exact) mass is 190 g/mol. The first kappa shape index (κ1) is 9.53. The largest absolute Gasteiger partial charge is 0.382 e. The van der Waals surface area contributed by atoms with Crippen LogP contribution >= 0.6 is 0 Å². The number of fused-ring (bicyclic) bond motifs is 1. The summed E-state index contributed by atoms with van der Waals surface area (Å²) in [5.74, 6) is 0. The normalized spacial score (nSPS) is 25.4. The van der Waals surface area contributed by atoms with Gasteiger partial charge in [-0.1, -0.05) is 17.7 Å². The highest BCUT2D eigenvalue weighted by atomic mass is 15.0. The summed E-state index contributed by atoms with van der Waals surface area (Å²) >= 11 is 0. The quantitative estimate of drug-likeness (QED) is 0.711. The molecule has 2 unspecified atom stereocenters. The minimum Gasteiger partial charge on any atom is -0.382 e. The van der Waals surface area contributed by atoms with E-state index < -0.39 is 0 Å². The smallest absolute Gasteiger partial charge is 0.0390 e. The number of nitrogens with one attached hydrogen (secondary N) is 2. The average molecular weight is 190 g/mol. The summed E-state index contributed by atoms with van der Waals surface area (Å²) in [4.78, 5) is 0. The van der Waals surface area contributed by atoms with Gasteiger partial charge in [0.2, 0.25) is 0 Å². The lowest BCUT2D eigenvalue weighted by Gasteiger charge is -2.31. The zero-order valence-corrected chi connectivity index (χ0v) is 9.09. The second kappa shape index (κ2) is 3.62. The molecule has 0 aliphatic carbocycles. The SMILES string of the molecule is CNC1CC(C)Nc2ccc(C)cc21. The Bertz CT molecular complexity index is 333. The van der Waals surface area contributed by atoms with Gasteiger partial charge >= 0.3 is 0 Å². The number of hydrogen-bond acceptors (Lipinski definition) is 2. The van der Waals surface area contributed by atoms with Crippen molar-refractivity contribution in [1.82, 2.24) is 5.32 Å². The topological polar surface area (TPSA) is 24.1 Å². The van der Waals surface area contributed by atoms with Crippen LogP contribution in [0.2, 0.25) is 0 Å². The van der Waals surface area contributed by atoms with Gasteiger partial charge in [-0.05, 0) is 38.9 Å². The Morgan fingerprint density at radius 3 is 2.93 bits per heavy atom. The Morgan fingerprint density at radius 1 is 1.43 bits per heavy atom. The van der Waals surface area contributed by atoms with E-state index >= 15 is 0 Å². The van der Waals surface area contributed by atoms with Crippen molar-refractivity contribution in [1.29, 1.82) is 0 Å². The van der Waals surface area contributed by atoms with E-state index in [2.05, 4.69) is 42.7 Å². The van der Waals surface area contributed by atoms with E-state index in [9.17, 15) is 0 Å². The van der Waals surface area contributed by atoms with Crippen molar-refractivity contribution in [2.75, 3.05) is 12.4 Å². The zero-order chi connectivity index (χ0) is 10.1. The first-order valence-corrected chi connectivity index (χ1v) is 5.25. The van der Waals surface area contributed by atoms with Crippen LogP contribution in [0.4, 0.5) is 5.69 Å². The maximum Gasteiger partial charge on any atom is 0.0390 e. The lowest BCUT2D eigenvalue weighted by atomic mass is 9.92. The fourth-order valence-corrected chi connectivity index (χ4v) is 2.18. The highest BCUT2D eigenvalue weighted by molar-refractivity contribution is 5.56. The first-order valence-electron chi connectivity index (χ1n) is 5.25. The molecule has 0 radical (unpaired) electrons. The van der Waals surface area contributed by atoms with Crippen LogP contribution in [0.25, 0.3) is 0 Å². The Kier molecular flexibility index (Phi) is 2.46. The highest BCUT2D eigenvalue weighted by Crippen LogP contribution is 2.32. The molecule has 1 aliphatic heterocycles. The molecule has 0 saturated carbocycles. The van der Waals surface area contributed by atoms with Gasteiger partial charge in [0, 0.05) is 17.8 Å². The number of hydrogen-bond donors (Lipinski definition) is 2. The van der Waals surface area contributed by atoms with Gasteiger partial charge in [-0.2, -0.15) is 0 Å². The second-order valence-electron chi connectivity index (χ2n) is 4.21. The van der Waals surface area contributed by atoms with Crippen LogP contribution < -0.4 is 10.6 Å². The van der Waals surface area contributed by atoms with Crippen LogP contribution in [-0.2, 0) is 0 Å². The Balaban J connectivity index is 2.41. The molecule has 0 saturated heterocycles. The third-order valence-electron chi connectivity index (χ3n) is 2.92. The third kappa shape index (κ3) is 1.62. The van der Waals surface area contributed by atoms with Gasteiger partial charge in [0.25, 0.3) is 0 Å². The molecule has 0 aromatic heterocycles. The summed E-state index contributed by atoms with van der Waals surface area (Å²) in [7, 11) is 2.04. The lowest BCUT2D eigenvalue weighted by Crippen LogP contribution is -2.31. The summed E-state index contributed by atoms with van der Waals surface area (Å²) in [6.45, 7) is 4.37. The summed E-state index contributed by atoms with van der Waals surface area (Å²) in [6.07, 6.45) is 1.16. The Hall–Kier alpha value is -1.02. The van der Waals surface area contributed by atoms with E-state index in [0.717, 1.165) is 6.42 Å². The molecule has 1 heterocycles. The van der Waals surface area contributed by atoms with E-state index in [1.54, 1.807) is 0 Å². The van der Waals surface area contributed by atoms with E-state index in [-0.39, 0.29) is 0 Å². The molecule has 2 nitrogen and oxygen atoms in total. The molecule has 0 amide bonds. The van der Waals surface area contributed by atoms with Crippen molar-refractivity contribution >= 4 is 5.69 Å². The highest BCUT2D eigenvalue weighted by Gasteiger charge is 2.22. The molecular weight excluding hydrogens is 172 g/mol. The molecule has 0 spiro atoms. The first-order chi connectivity index (χ1) is 6.70. The van der Waals surface area contributed by atoms with Crippen LogP contribution in [0, 0.1) is 6.92 Å². The van der Waals surface area contributed by atoms with Crippen molar-refractivity contribution in [3.63, 3.8) is 0 Å². The minimum absolute atomic E-state index is 0.501. The molecule has 1 aliphatic rings. The van der Waals surface area contributed by atoms with E-state index in [0.29, 0.717) is 12.1 Å². The molecular formula is C12H18N2. The van der Waals surface area contributed by atoms with Crippen LogP contribution in [0.5, 0.6) is 0 Å². The number of benzene rings is 1. The van der Waals surface area contributed by atoms with Crippen LogP contribution in [0.3, 0.4) is 0 Å². The summed E-state index contributed by atoms with van der Waals surface area (Å²) in [5, 5.41) is 6.89. The summed E-state index contributed by atoms with van der Waals surface area (Å²) in [5.41, 5.74) is 4.03. The Labute approximate surface area is 85.7 Å². The molecule has 0 fully saturated rings. The van der Waals surface area contributed by atoms with Crippen LogP contribution in [0.1, 0.15) is 30.5 Å². The third-order valence-corrected chi connectivity index (χ3v) is 2.92.